The maximum Gasteiger partial charge on any atom is 0.130 e. The second-order valence-electron chi connectivity index (χ2n) is 3.65. The lowest BCUT2D eigenvalue weighted by molar-refractivity contribution is 0.0927. The molecule has 3 nitrogen and oxygen atoms in total. The van der Waals surface area contributed by atoms with E-state index in [9.17, 15) is 8.78 Å². The number of aliphatic hydroxyl groups excluding tert-OH is 1. The number of hydrogen-bond acceptors (Lipinski definition) is 3. The minimum absolute atomic E-state index is 0.0303. The van der Waals surface area contributed by atoms with Gasteiger partial charge in [0.15, 0.2) is 0 Å². The fraction of sp³-hybridized carbons (Fsp3) is 0.500. The fourth-order valence-electron chi connectivity index (χ4n) is 1.54. The maximum atomic E-state index is 13.4. The highest BCUT2D eigenvalue weighted by molar-refractivity contribution is 5.22. The SMILES string of the molecule is CC(NCCOCCO)c1c(F)cccc1F. The number of hydrogen-bond donors (Lipinski definition) is 2. The van der Waals surface area contributed by atoms with E-state index >= 15 is 0 Å². The first kappa shape index (κ1) is 14.0. The summed E-state index contributed by atoms with van der Waals surface area (Å²) in [5, 5.41) is 11.4. The van der Waals surface area contributed by atoms with E-state index in [4.69, 9.17) is 9.84 Å². The Morgan fingerprint density at radius 3 is 2.53 bits per heavy atom. The average Bonchev–Trinajstić information content (AvgIpc) is 2.28. The molecule has 0 aliphatic heterocycles. The number of ether oxygens (including phenoxy) is 1. The molecule has 1 atom stereocenters. The predicted molar refractivity (Wildman–Crippen MR) is 60.7 cm³/mol. The van der Waals surface area contributed by atoms with Crippen LogP contribution in [0.1, 0.15) is 18.5 Å². The first-order valence-corrected chi connectivity index (χ1v) is 5.52. The minimum Gasteiger partial charge on any atom is -0.394 e. The summed E-state index contributed by atoms with van der Waals surface area (Å²) < 4.78 is 31.8. The lowest BCUT2D eigenvalue weighted by Gasteiger charge is -2.15. The van der Waals surface area contributed by atoms with Crippen molar-refractivity contribution in [3.8, 4) is 0 Å². The number of aliphatic hydroxyl groups is 1. The lowest BCUT2D eigenvalue weighted by atomic mass is 10.1. The van der Waals surface area contributed by atoms with Crippen molar-refractivity contribution in [3.05, 3.63) is 35.4 Å². The Bertz CT molecular complexity index is 327. The molecule has 0 saturated heterocycles. The van der Waals surface area contributed by atoms with Crippen LogP contribution in [0.2, 0.25) is 0 Å². The van der Waals surface area contributed by atoms with Crippen molar-refractivity contribution < 1.29 is 18.6 Å². The molecule has 0 saturated carbocycles. The predicted octanol–water partition coefficient (Wildman–Crippen LogP) is 1.62. The molecule has 1 aromatic rings. The molecular formula is C12H17F2NO2. The molecule has 2 N–H and O–H groups in total. The summed E-state index contributed by atoms with van der Waals surface area (Å²) in [6.45, 7) is 2.78. The molecule has 0 aliphatic rings. The van der Waals surface area contributed by atoms with Crippen LogP contribution in [0.15, 0.2) is 18.2 Å². The first-order chi connectivity index (χ1) is 8.16. The fourth-order valence-corrected chi connectivity index (χ4v) is 1.54. The van der Waals surface area contributed by atoms with Gasteiger partial charge in [0.2, 0.25) is 0 Å². The standard InChI is InChI=1S/C12H17F2NO2/c1-9(15-5-7-17-8-6-16)12-10(13)3-2-4-11(12)14/h2-4,9,15-16H,5-8H2,1H3. The van der Waals surface area contributed by atoms with Gasteiger partial charge < -0.3 is 15.2 Å². The van der Waals surface area contributed by atoms with Gasteiger partial charge in [0, 0.05) is 18.2 Å². The Morgan fingerprint density at radius 1 is 1.29 bits per heavy atom. The van der Waals surface area contributed by atoms with Crippen LogP contribution in [0, 0.1) is 11.6 Å². The number of halogens is 2. The van der Waals surface area contributed by atoms with E-state index < -0.39 is 17.7 Å². The quantitative estimate of drug-likeness (QED) is 0.717. The smallest absolute Gasteiger partial charge is 0.130 e. The molecule has 0 bridgehead atoms. The van der Waals surface area contributed by atoms with Gasteiger partial charge in [-0.3, -0.25) is 0 Å². The summed E-state index contributed by atoms with van der Waals surface area (Å²) in [5.74, 6) is -1.11. The Morgan fingerprint density at radius 2 is 1.94 bits per heavy atom. The Balaban J connectivity index is 2.44. The summed E-state index contributed by atoms with van der Waals surface area (Å²) in [5.41, 5.74) is 0.0367. The van der Waals surface area contributed by atoms with Crippen LogP contribution in [0.5, 0.6) is 0 Å². The number of nitrogens with one attached hydrogen (secondary N) is 1. The molecule has 0 aromatic heterocycles. The third-order valence-corrected chi connectivity index (χ3v) is 2.37. The third kappa shape index (κ3) is 4.38. The van der Waals surface area contributed by atoms with Gasteiger partial charge >= 0.3 is 0 Å². The van der Waals surface area contributed by atoms with Crippen LogP contribution in [0.25, 0.3) is 0 Å². The molecule has 1 unspecified atom stereocenters. The minimum atomic E-state index is -0.554. The van der Waals surface area contributed by atoms with E-state index in [1.807, 2.05) is 0 Å². The zero-order chi connectivity index (χ0) is 12.7. The maximum absolute atomic E-state index is 13.4. The number of rotatable bonds is 7. The molecule has 0 radical (unpaired) electrons. The van der Waals surface area contributed by atoms with Gasteiger partial charge in [0.1, 0.15) is 11.6 Å². The normalized spacial score (nSPS) is 12.7. The van der Waals surface area contributed by atoms with Crippen molar-refractivity contribution in [3.63, 3.8) is 0 Å². The van der Waals surface area contributed by atoms with E-state index in [2.05, 4.69) is 5.32 Å². The van der Waals surface area contributed by atoms with Gasteiger partial charge in [-0.2, -0.15) is 0 Å². The van der Waals surface area contributed by atoms with Crippen LogP contribution >= 0.6 is 0 Å². The topological polar surface area (TPSA) is 41.5 Å². The molecule has 0 amide bonds. The van der Waals surface area contributed by atoms with Crippen LogP contribution in [-0.2, 0) is 4.74 Å². The van der Waals surface area contributed by atoms with Crippen molar-refractivity contribution in [1.82, 2.24) is 5.32 Å². The summed E-state index contributed by atoms with van der Waals surface area (Å²) in [6, 6.07) is 3.39. The number of benzene rings is 1. The van der Waals surface area contributed by atoms with Gasteiger partial charge in [-0.05, 0) is 19.1 Å². The summed E-state index contributed by atoms with van der Waals surface area (Å²) in [6.07, 6.45) is 0. The molecule has 0 spiro atoms. The van der Waals surface area contributed by atoms with Crippen molar-refractivity contribution >= 4 is 0 Å². The van der Waals surface area contributed by atoms with E-state index in [1.54, 1.807) is 6.92 Å². The van der Waals surface area contributed by atoms with E-state index in [-0.39, 0.29) is 18.8 Å². The second-order valence-corrected chi connectivity index (χ2v) is 3.65. The zero-order valence-corrected chi connectivity index (χ0v) is 9.75. The molecule has 96 valence electrons. The summed E-state index contributed by atoms with van der Waals surface area (Å²) in [4.78, 5) is 0. The second kappa shape index (κ2) is 7.32. The summed E-state index contributed by atoms with van der Waals surface area (Å²) >= 11 is 0. The molecule has 1 aromatic carbocycles. The Hall–Kier alpha value is -1.04. The van der Waals surface area contributed by atoms with Crippen LogP contribution < -0.4 is 5.32 Å². The van der Waals surface area contributed by atoms with Gasteiger partial charge in [0.05, 0.1) is 19.8 Å². The largest absolute Gasteiger partial charge is 0.394 e. The summed E-state index contributed by atoms with van der Waals surface area (Å²) in [7, 11) is 0. The molecule has 1 rings (SSSR count). The highest BCUT2D eigenvalue weighted by atomic mass is 19.1. The van der Waals surface area contributed by atoms with Crippen molar-refractivity contribution in [2.24, 2.45) is 0 Å². The molecule has 5 heteroatoms. The van der Waals surface area contributed by atoms with Crippen molar-refractivity contribution in [2.75, 3.05) is 26.4 Å². The molecule has 0 heterocycles. The molecule has 0 aliphatic carbocycles. The van der Waals surface area contributed by atoms with Gasteiger partial charge in [-0.1, -0.05) is 6.07 Å². The molecule has 0 fully saturated rings. The van der Waals surface area contributed by atoms with Gasteiger partial charge in [-0.15, -0.1) is 0 Å². The van der Waals surface area contributed by atoms with Crippen molar-refractivity contribution in [2.45, 2.75) is 13.0 Å². The first-order valence-electron chi connectivity index (χ1n) is 5.52. The van der Waals surface area contributed by atoms with Gasteiger partial charge in [-0.25, -0.2) is 8.78 Å². The van der Waals surface area contributed by atoms with Crippen molar-refractivity contribution in [1.29, 1.82) is 0 Å². The van der Waals surface area contributed by atoms with E-state index in [0.717, 1.165) is 0 Å². The van der Waals surface area contributed by atoms with Gasteiger partial charge in [0.25, 0.3) is 0 Å². The van der Waals surface area contributed by atoms with Crippen LogP contribution in [0.4, 0.5) is 8.78 Å². The lowest BCUT2D eigenvalue weighted by Crippen LogP contribution is -2.25. The molecular weight excluding hydrogens is 228 g/mol. The highest BCUT2D eigenvalue weighted by Gasteiger charge is 2.14. The monoisotopic (exact) mass is 245 g/mol. The van der Waals surface area contributed by atoms with E-state index in [0.29, 0.717) is 13.2 Å². The third-order valence-electron chi connectivity index (χ3n) is 2.37. The Labute approximate surface area is 99.4 Å². The average molecular weight is 245 g/mol. The van der Waals surface area contributed by atoms with Crippen LogP contribution in [-0.4, -0.2) is 31.5 Å². The molecule has 17 heavy (non-hydrogen) atoms. The van der Waals surface area contributed by atoms with Crippen LogP contribution in [0.3, 0.4) is 0 Å². The van der Waals surface area contributed by atoms with E-state index in [1.165, 1.54) is 18.2 Å². The Kier molecular flexibility index (Phi) is 6.04. The zero-order valence-electron chi connectivity index (χ0n) is 9.75. The highest BCUT2D eigenvalue weighted by Crippen LogP contribution is 2.19.